The van der Waals surface area contributed by atoms with E-state index in [1.54, 1.807) is 50.4 Å². The molecule has 2 aromatic carbocycles. The normalized spacial score (nSPS) is 15.0. The van der Waals surface area contributed by atoms with Crippen molar-refractivity contribution in [2.45, 2.75) is 24.7 Å². The van der Waals surface area contributed by atoms with Crippen molar-refractivity contribution in [1.29, 1.82) is 0 Å². The molecule has 0 aromatic heterocycles. The maximum Gasteiger partial charge on any atom is 0.255 e. The van der Waals surface area contributed by atoms with Gasteiger partial charge < -0.3 is 10.1 Å². The third-order valence-corrected chi connectivity index (χ3v) is 6.38. The molecule has 0 aliphatic carbocycles. The summed E-state index contributed by atoms with van der Waals surface area (Å²) in [6, 6.07) is 11.7. The Bertz CT molecular complexity index is 919. The van der Waals surface area contributed by atoms with Crippen LogP contribution in [0.3, 0.4) is 0 Å². The summed E-state index contributed by atoms with van der Waals surface area (Å²) in [5, 5.41) is 2.79. The summed E-state index contributed by atoms with van der Waals surface area (Å²) in [5.74, 6) is 0.277. The average molecular weight is 374 g/mol. The molecule has 1 fully saturated rings. The number of carbonyl (C=O) groups excluding carboxylic acids is 1. The lowest BCUT2D eigenvalue weighted by atomic mass is 10.1. The van der Waals surface area contributed by atoms with Crippen LogP contribution < -0.4 is 10.1 Å². The van der Waals surface area contributed by atoms with Crippen LogP contribution in [0.25, 0.3) is 0 Å². The second-order valence-corrected chi connectivity index (χ2v) is 8.21. The quantitative estimate of drug-likeness (QED) is 0.873. The summed E-state index contributed by atoms with van der Waals surface area (Å²) >= 11 is 0. The molecule has 26 heavy (non-hydrogen) atoms. The number of nitrogens with zero attached hydrogens (tertiary/aromatic N) is 1. The fourth-order valence-corrected chi connectivity index (χ4v) is 4.53. The lowest BCUT2D eigenvalue weighted by Gasteiger charge is -2.17. The largest absolute Gasteiger partial charge is 0.497 e. The molecule has 0 bridgehead atoms. The first-order valence-electron chi connectivity index (χ1n) is 8.48. The number of hydrogen-bond acceptors (Lipinski definition) is 4. The van der Waals surface area contributed by atoms with Gasteiger partial charge in [-0.25, -0.2) is 8.42 Å². The Labute approximate surface area is 153 Å². The van der Waals surface area contributed by atoms with Gasteiger partial charge in [0.2, 0.25) is 10.0 Å². The van der Waals surface area contributed by atoms with Crippen molar-refractivity contribution in [1.82, 2.24) is 4.31 Å². The van der Waals surface area contributed by atoms with Gasteiger partial charge in [0.25, 0.3) is 5.91 Å². The number of benzene rings is 2. The molecule has 6 nitrogen and oxygen atoms in total. The van der Waals surface area contributed by atoms with Gasteiger partial charge >= 0.3 is 0 Å². The Kier molecular flexibility index (Phi) is 5.29. The maximum atomic E-state index is 12.7. The van der Waals surface area contributed by atoms with E-state index in [-0.39, 0.29) is 10.8 Å². The van der Waals surface area contributed by atoms with E-state index in [0.717, 1.165) is 12.8 Å². The second kappa shape index (κ2) is 7.47. The summed E-state index contributed by atoms with van der Waals surface area (Å²) in [6.07, 6.45) is 1.74. The molecule has 1 aliphatic heterocycles. The Morgan fingerprint density at radius 2 is 1.85 bits per heavy atom. The van der Waals surface area contributed by atoms with Crippen LogP contribution in [0.15, 0.2) is 47.4 Å². The zero-order chi connectivity index (χ0) is 18.7. The molecule has 1 saturated heterocycles. The number of carbonyl (C=O) groups is 1. The van der Waals surface area contributed by atoms with Gasteiger partial charge in [-0.05, 0) is 49.6 Å². The zero-order valence-corrected chi connectivity index (χ0v) is 15.7. The highest BCUT2D eigenvalue weighted by Gasteiger charge is 2.28. The topological polar surface area (TPSA) is 75.7 Å². The predicted octanol–water partition coefficient (Wildman–Crippen LogP) is 3.04. The van der Waals surface area contributed by atoms with Crippen LogP contribution in [-0.2, 0) is 10.0 Å². The molecule has 138 valence electrons. The average Bonchev–Trinajstić information content (AvgIpc) is 3.17. The van der Waals surface area contributed by atoms with Crippen molar-refractivity contribution in [3.05, 3.63) is 53.6 Å². The van der Waals surface area contributed by atoms with Crippen LogP contribution >= 0.6 is 0 Å². The molecule has 1 amide bonds. The van der Waals surface area contributed by atoms with Crippen LogP contribution in [0.4, 0.5) is 5.69 Å². The van der Waals surface area contributed by atoms with E-state index in [9.17, 15) is 13.2 Å². The number of methoxy groups -OCH3 is 1. The number of hydrogen-bond donors (Lipinski definition) is 1. The highest BCUT2D eigenvalue weighted by atomic mass is 32.2. The summed E-state index contributed by atoms with van der Waals surface area (Å²) in [7, 11) is -2.01. The molecule has 7 heteroatoms. The number of aryl methyl sites for hydroxylation is 1. The van der Waals surface area contributed by atoms with E-state index in [4.69, 9.17) is 4.74 Å². The number of rotatable bonds is 5. The summed E-state index contributed by atoms with van der Waals surface area (Å²) in [4.78, 5) is 12.8. The second-order valence-electron chi connectivity index (χ2n) is 6.27. The molecule has 0 radical (unpaired) electrons. The molecule has 0 spiro atoms. The molecule has 1 heterocycles. The van der Waals surface area contributed by atoms with Gasteiger partial charge in [-0.1, -0.05) is 12.1 Å². The number of sulfonamides is 1. The van der Waals surface area contributed by atoms with Crippen molar-refractivity contribution in [2.75, 3.05) is 25.5 Å². The van der Waals surface area contributed by atoms with Gasteiger partial charge in [0.1, 0.15) is 5.75 Å². The van der Waals surface area contributed by atoms with E-state index in [1.165, 1.54) is 10.4 Å². The SMILES string of the molecule is COc1cccc(NC(=O)c2cc(S(=O)(=O)N3CCCC3)ccc2C)c1. The Balaban J connectivity index is 1.88. The number of anilines is 1. The van der Waals surface area contributed by atoms with Crippen molar-refractivity contribution in [3.63, 3.8) is 0 Å². The molecule has 0 unspecified atom stereocenters. The molecular weight excluding hydrogens is 352 g/mol. The van der Waals surface area contributed by atoms with Crippen molar-refractivity contribution in [2.24, 2.45) is 0 Å². The van der Waals surface area contributed by atoms with Crippen molar-refractivity contribution < 1.29 is 17.9 Å². The fraction of sp³-hybridized carbons (Fsp3) is 0.316. The maximum absolute atomic E-state index is 12.7. The molecule has 1 N–H and O–H groups in total. The van der Waals surface area contributed by atoms with Crippen molar-refractivity contribution in [3.8, 4) is 5.75 Å². The highest BCUT2D eigenvalue weighted by molar-refractivity contribution is 7.89. The third-order valence-electron chi connectivity index (χ3n) is 4.48. The Morgan fingerprint density at radius 3 is 2.54 bits per heavy atom. The standard InChI is InChI=1S/C19H22N2O4S/c1-14-8-9-17(26(23,24)21-10-3-4-11-21)13-18(14)19(22)20-15-6-5-7-16(12-15)25-2/h5-9,12-13H,3-4,10-11H2,1-2H3,(H,20,22). The van der Waals surface area contributed by atoms with Crippen LogP contribution in [-0.4, -0.2) is 38.8 Å². The van der Waals surface area contributed by atoms with E-state index in [1.807, 2.05) is 0 Å². The third kappa shape index (κ3) is 3.73. The highest BCUT2D eigenvalue weighted by Crippen LogP contribution is 2.24. The first-order valence-corrected chi connectivity index (χ1v) is 9.92. The van der Waals surface area contributed by atoms with Gasteiger partial charge in [0.05, 0.1) is 12.0 Å². The van der Waals surface area contributed by atoms with Crippen molar-refractivity contribution >= 4 is 21.6 Å². The summed E-state index contributed by atoms with van der Waals surface area (Å²) < 4.78 is 32.1. The van der Waals surface area contributed by atoms with Gasteiger partial charge in [-0.15, -0.1) is 0 Å². The van der Waals surface area contributed by atoms with E-state index < -0.39 is 10.0 Å². The smallest absolute Gasteiger partial charge is 0.255 e. The minimum atomic E-state index is -3.56. The predicted molar refractivity (Wildman–Crippen MR) is 100 cm³/mol. The van der Waals surface area contributed by atoms with Crippen LogP contribution in [0.5, 0.6) is 5.75 Å². The minimum absolute atomic E-state index is 0.154. The molecule has 0 atom stereocenters. The molecule has 2 aromatic rings. The number of amides is 1. The van der Waals surface area contributed by atoms with Crippen LogP contribution in [0.2, 0.25) is 0 Å². The van der Waals surface area contributed by atoms with Crippen LogP contribution in [0, 0.1) is 6.92 Å². The van der Waals surface area contributed by atoms with E-state index in [2.05, 4.69) is 5.32 Å². The van der Waals surface area contributed by atoms with Gasteiger partial charge in [-0.2, -0.15) is 4.31 Å². The van der Waals surface area contributed by atoms with Gasteiger partial charge in [0, 0.05) is 30.4 Å². The molecular formula is C19H22N2O4S. The molecule has 3 rings (SSSR count). The number of nitrogens with one attached hydrogen (secondary N) is 1. The van der Waals surface area contributed by atoms with Crippen LogP contribution in [0.1, 0.15) is 28.8 Å². The Morgan fingerprint density at radius 1 is 1.12 bits per heavy atom. The number of ether oxygens (including phenoxy) is 1. The summed E-state index contributed by atoms with van der Waals surface area (Å²) in [6.45, 7) is 2.84. The zero-order valence-electron chi connectivity index (χ0n) is 14.9. The Hall–Kier alpha value is -2.38. The monoisotopic (exact) mass is 374 g/mol. The minimum Gasteiger partial charge on any atom is -0.497 e. The first-order chi connectivity index (χ1) is 12.4. The van der Waals surface area contributed by atoms with Gasteiger partial charge in [-0.3, -0.25) is 4.79 Å². The molecule has 0 saturated carbocycles. The lowest BCUT2D eigenvalue weighted by Crippen LogP contribution is -2.28. The lowest BCUT2D eigenvalue weighted by molar-refractivity contribution is 0.102. The first kappa shape index (κ1) is 18.4. The summed E-state index contributed by atoms with van der Waals surface area (Å²) in [5.41, 5.74) is 1.64. The fourth-order valence-electron chi connectivity index (χ4n) is 2.98. The van der Waals surface area contributed by atoms with Gasteiger partial charge in [0.15, 0.2) is 0 Å². The van der Waals surface area contributed by atoms with E-state index in [0.29, 0.717) is 35.7 Å². The van der Waals surface area contributed by atoms with E-state index >= 15 is 0 Å². The molecule has 1 aliphatic rings.